The van der Waals surface area contributed by atoms with E-state index in [1.165, 1.54) is 193 Å². The maximum atomic E-state index is 7.90. The van der Waals surface area contributed by atoms with Crippen LogP contribution in [0.25, 0.3) is 0 Å². The molecule has 0 saturated heterocycles. The third-order valence-electron chi connectivity index (χ3n) is 24.3. The molecule has 0 spiro atoms. The van der Waals surface area contributed by atoms with E-state index in [1.54, 1.807) is 0 Å². The van der Waals surface area contributed by atoms with Gasteiger partial charge >= 0.3 is 0 Å². The molecular weight excluding hydrogens is 809 g/mol. The van der Waals surface area contributed by atoms with Crippen molar-refractivity contribution in [1.29, 1.82) is 0 Å². The van der Waals surface area contributed by atoms with Crippen LogP contribution in [0.15, 0.2) is 23.3 Å². The molecular formula is C66H114O. The summed E-state index contributed by atoms with van der Waals surface area (Å²) in [5.41, 5.74) is 5.80. The average Bonchev–Trinajstić information content (AvgIpc) is 3.84. The second kappa shape index (κ2) is 22.3. The van der Waals surface area contributed by atoms with E-state index in [-0.39, 0.29) is 0 Å². The predicted molar refractivity (Wildman–Crippen MR) is 290 cm³/mol. The van der Waals surface area contributed by atoms with Gasteiger partial charge in [-0.05, 0) is 220 Å². The third kappa shape index (κ3) is 10.6. The first kappa shape index (κ1) is 52.8. The largest absolute Gasteiger partial charge is 0.374 e. The van der Waals surface area contributed by atoms with Gasteiger partial charge in [-0.3, -0.25) is 0 Å². The van der Waals surface area contributed by atoms with Crippen molar-refractivity contribution in [3.05, 3.63) is 23.3 Å². The third-order valence-corrected chi connectivity index (χ3v) is 24.3. The topological polar surface area (TPSA) is 9.23 Å². The Bertz CT molecular complexity index is 1510. The molecule has 1 heteroatoms. The fraction of sp³-hybridized carbons (Fsp3) is 0.939. The van der Waals surface area contributed by atoms with Crippen LogP contribution in [0, 0.1) is 105 Å². The Morgan fingerprint density at radius 1 is 0.463 bits per heavy atom. The molecule has 6 fully saturated rings. The van der Waals surface area contributed by atoms with Gasteiger partial charge in [0, 0.05) is 0 Å². The van der Waals surface area contributed by atoms with E-state index in [2.05, 4.69) is 95.2 Å². The lowest BCUT2D eigenvalue weighted by atomic mass is 9.46. The summed E-state index contributed by atoms with van der Waals surface area (Å²) in [6, 6.07) is 0. The molecule has 0 N–H and O–H groups in total. The van der Waals surface area contributed by atoms with Crippen molar-refractivity contribution in [2.24, 2.45) is 105 Å². The molecule has 0 bridgehead atoms. The van der Waals surface area contributed by atoms with E-state index in [9.17, 15) is 0 Å². The minimum atomic E-state index is 0.428. The molecule has 8 aliphatic carbocycles. The van der Waals surface area contributed by atoms with Crippen LogP contribution in [0.2, 0.25) is 0 Å². The predicted octanol–water partition coefficient (Wildman–Crippen LogP) is 20.2. The van der Waals surface area contributed by atoms with E-state index < -0.39 is 0 Å². The Morgan fingerprint density at radius 3 is 1.27 bits per heavy atom. The summed E-state index contributed by atoms with van der Waals surface area (Å²) in [7, 11) is 0. The number of allylic oxidation sites excluding steroid dienone is 4. The fourth-order valence-corrected chi connectivity index (χ4v) is 20.3. The molecule has 6 saturated carbocycles. The number of hydrogen-bond donors (Lipinski definition) is 0. The van der Waals surface area contributed by atoms with Gasteiger partial charge in [-0.15, -0.1) is 0 Å². The fourth-order valence-electron chi connectivity index (χ4n) is 20.3. The minimum Gasteiger partial charge on any atom is -0.374 e. The number of unbranched alkanes of at least 4 members (excludes halogenated alkanes) is 4. The summed E-state index contributed by atoms with van der Waals surface area (Å²) in [6.45, 7) is 30.9. The van der Waals surface area contributed by atoms with Crippen LogP contribution < -0.4 is 0 Å². The van der Waals surface area contributed by atoms with E-state index >= 15 is 0 Å². The highest BCUT2D eigenvalue weighted by Crippen LogP contribution is 2.70. The molecule has 8 rings (SSSR count). The van der Waals surface area contributed by atoms with E-state index in [0.29, 0.717) is 45.7 Å². The van der Waals surface area contributed by atoms with Crippen LogP contribution in [-0.4, -0.2) is 12.2 Å². The Balaban J connectivity index is 0.941. The molecule has 67 heavy (non-hydrogen) atoms. The quantitative estimate of drug-likeness (QED) is 0.0777. The molecule has 0 heterocycles. The van der Waals surface area contributed by atoms with Gasteiger partial charge in [0.25, 0.3) is 0 Å². The van der Waals surface area contributed by atoms with Crippen molar-refractivity contribution < 1.29 is 4.74 Å². The van der Waals surface area contributed by atoms with Gasteiger partial charge in [0.05, 0.1) is 12.2 Å². The Labute approximate surface area is 418 Å². The number of hydrogen-bond acceptors (Lipinski definition) is 1. The zero-order chi connectivity index (χ0) is 47.7. The van der Waals surface area contributed by atoms with Gasteiger partial charge < -0.3 is 4.74 Å². The lowest BCUT2D eigenvalue weighted by Crippen LogP contribution is -2.51. The van der Waals surface area contributed by atoms with Crippen LogP contribution in [0.4, 0.5) is 0 Å². The maximum absolute atomic E-state index is 7.90. The highest BCUT2D eigenvalue weighted by molar-refractivity contribution is 5.27. The van der Waals surface area contributed by atoms with Crippen molar-refractivity contribution in [2.75, 3.05) is 0 Å². The summed E-state index contributed by atoms with van der Waals surface area (Å²) in [6.07, 6.45) is 49.1. The SMILES string of the molecule is CCCCCC(OC(CCCCC)[C@H]1CC[C@@]2(C)C(=CC[C@H]3[C@@H]4CC[C@H]([C@H](C)CCCC(C)C)[C@@]4(C)CC[C@@H]32)C1)[C@H]1CC[C@@]2(C)C(=CC[C@H]3[C@@H]4CC[C@H]([C@H](C)CCCC(C)C)[C@@]4(C)CC[C@@H]32)C1. The summed E-state index contributed by atoms with van der Waals surface area (Å²) >= 11 is 0. The van der Waals surface area contributed by atoms with Crippen LogP contribution in [0.5, 0.6) is 0 Å². The van der Waals surface area contributed by atoms with Crippen molar-refractivity contribution in [3.8, 4) is 0 Å². The first-order valence-corrected chi connectivity index (χ1v) is 31.1. The van der Waals surface area contributed by atoms with Gasteiger partial charge in [0.15, 0.2) is 0 Å². The van der Waals surface area contributed by atoms with Gasteiger partial charge in [-0.2, -0.15) is 0 Å². The smallest absolute Gasteiger partial charge is 0.0610 e. The highest BCUT2D eigenvalue weighted by atomic mass is 16.5. The molecule has 8 aliphatic rings. The minimum absolute atomic E-state index is 0.428. The second-order valence-electron chi connectivity index (χ2n) is 28.8. The zero-order valence-corrected chi connectivity index (χ0v) is 47.0. The van der Waals surface area contributed by atoms with Gasteiger partial charge in [-0.25, -0.2) is 0 Å². The molecule has 0 aromatic rings. The lowest BCUT2D eigenvalue weighted by Gasteiger charge is -2.59. The first-order valence-electron chi connectivity index (χ1n) is 31.1. The average molecular weight is 924 g/mol. The Hall–Kier alpha value is -0.560. The molecule has 0 aromatic carbocycles. The normalized spacial score (nSPS) is 42.1. The number of ether oxygens (including phenoxy) is 1. The maximum Gasteiger partial charge on any atom is 0.0610 e. The summed E-state index contributed by atoms with van der Waals surface area (Å²) in [4.78, 5) is 0. The molecule has 18 atom stereocenters. The molecule has 1 nitrogen and oxygen atoms in total. The van der Waals surface area contributed by atoms with Crippen molar-refractivity contribution in [2.45, 2.75) is 288 Å². The van der Waals surface area contributed by atoms with Gasteiger partial charge in [-0.1, -0.05) is 183 Å². The first-order chi connectivity index (χ1) is 32.1. The standard InChI is InChI=1S/C66H114O/c1-13-15-17-25-61(49-35-39-63(9)51(43-49)27-29-53-57-33-31-55(47(7)23-19-21-45(3)4)65(57,11)41-37-59(53)63)67-62(26-18-16-14-2)50-36-40-64(10)52(44-50)28-30-54-58-34-32-56(48(8)24-20-22-46(5)6)66(58,12)42-38-60(54)64/h27-28,45-50,53-62H,13-26,29-44H2,1-12H3/t47-,48-,49+,50+,53+,54+,55-,56-,57+,58+,59+,60+,61?,62?,63+,64+,65-,66-/m1/s1. The van der Waals surface area contributed by atoms with Crippen LogP contribution in [0.3, 0.4) is 0 Å². The monoisotopic (exact) mass is 923 g/mol. The van der Waals surface area contributed by atoms with E-state index in [0.717, 1.165) is 71.0 Å². The highest BCUT2D eigenvalue weighted by Gasteiger charge is 2.61. The van der Waals surface area contributed by atoms with E-state index in [4.69, 9.17) is 4.74 Å². The zero-order valence-electron chi connectivity index (χ0n) is 47.0. The molecule has 384 valence electrons. The molecule has 2 unspecified atom stereocenters. The van der Waals surface area contributed by atoms with Crippen LogP contribution in [0.1, 0.15) is 276 Å². The summed E-state index contributed by atoms with van der Waals surface area (Å²) in [5, 5.41) is 0. The molecule has 0 aromatic heterocycles. The molecule has 0 aliphatic heterocycles. The van der Waals surface area contributed by atoms with E-state index in [1.807, 2.05) is 11.1 Å². The lowest BCUT2D eigenvalue weighted by molar-refractivity contribution is -0.104. The summed E-state index contributed by atoms with van der Waals surface area (Å²) < 4.78 is 7.90. The number of rotatable bonds is 22. The van der Waals surface area contributed by atoms with Gasteiger partial charge in [0.2, 0.25) is 0 Å². The molecule has 0 radical (unpaired) electrons. The Kier molecular flexibility index (Phi) is 17.5. The van der Waals surface area contributed by atoms with Gasteiger partial charge in [0.1, 0.15) is 0 Å². The van der Waals surface area contributed by atoms with Crippen LogP contribution >= 0.6 is 0 Å². The van der Waals surface area contributed by atoms with Crippen LogP contribution in [-0.2, 0) is 4.74 Å². The summed E-state index contributed by atoms with van der Waals surface area (Å²) in [5.74, 6) is 12.4. The van der Waals surface area contributed by atoms with Crippen molar-refractivity contribution >= 4 is 0 Å². The van der Waals surface area contributed by atoms with Crippen molar-refractivity contribution in [3.63, 3.8) is 0 Å². The molecule has 0 amide bonds. The second-order valence-corrected chi connectivity index (χ2v) is 28.8. The number of fused-ring (bicyclic) bond motifs is 10. The van der Waals surface area contributed by atoms with Crippen molar-refractivity contribution in [1.82, 2.24) is 0 Å². The Morgan fingerprint density at radius 2 is 0.881 bits per heavy atom.